The lowest BCUT2D eigenvalue weighted by atomic mass is 10.0. The van der Waals surface area contributed by atoms with Crippen molar-refractivity contribution in [3.05, 3.63) is 36.5 Å². The molecule has 0 rings (SSSR count). The molecule has 0 heterocycles. The number of aliphatic hydroxyl groups excluding tert-OH is 2. The van der Waals surface area contributed by atoms with Crippen molar-refractivity contribution < 1.29 is 24.5 Å². The lowest BCUT2D eigenvalue weighted by molar-refractivity contribution is -0.143. The maximum atomic E-state index is 12.4. The highest BCUT2D eigenvalue weighted by Crippen LogP contribution is 2.17. The van der Waals surface area contributed by atoms with Gasteiger partial charge in [0.1, 0.15) is 0 Å². The zero-order valence-corrected chi connectivity index (χ0v) is 44.9. The summed E-state index contributed by atoms with van der Waals surface area (Å²) in [6.45, 7) is 4.86. The highest BCUT2D eigenvalue weighted by atomic mass is 16.5. The number of esters is 1. The van der Waals surface area contributed by atoms with Crippen LogP contribution in [-0.4, -0.2) is 47.4 Å². The second-order valence-electron chi connectivity index (χ2n) is 20.3. The van der Waals surface area contributed by atoms with Gasteiger partial charge in [-0.05, 0) is 51.4 Å². The summed E-state index contributed by atoms with van der Waals surface area (Å²) in [5.74, 6) is -0.160. The second kappa shape index (κ2) is 56.7. The zero-order valence-electron chi connectivity index (χ0n) is 44.9. The van der Waals surface area contributed by atoms with Crippen molar-refractivity contribution >= 4 is 11.9 Å². The van der Waals surface area contributed by atoms with E-state index >= 15 is 0 Å². The Morgan fingerprint density at radius 2 is 0.761 bits per heavy atom. The molecule has 6 heteroatoms. The largest absolute Gasteiger partial charge is 0.466 e. The molecule has 6 nitrogen and oxygen atoms in total. The molecule has 0 spiro atoms. The molecule has 0 aromatic rings. The lowest BCUT2D eigenvalue weighted by Crippen LogP contribution is -2.45. The van der Waals surface area contributed by atoms with Crippen molar-refractivity contribution in [1.82, 2.24) is 5.32 Å². The summed E-state index contributed by atoms with van der Waals surface area (Å²) < 4.78 is 5.48. The van der Waals surface area contributed by atoms with Gasteiger partial charge in [0.25, 0.3) is 0 Å². The summed E-state index contributed by atoms with van der Waals surface area (Å²) in [5, 5.41) is 23.1. The van der Waals surface area contributed by atoms with Gasteiger partial charge in [0, 0.05) is 12.8 Å². The molecule has 0 aliphatic carbocycles. The van der Waals surface area contributed by atoms with Gasteiger partial charge in [0.05, 0.1) is 25.4 Å². The van der Waals surface area contributed by atoms with Crippen LogP contribution in [-0.2, 0) is 14.3 Å². The van der Waals surface area contributed by atoms with Crippen molar-refractivity contribution in [3.63, 3.8) is 0 Å². The summed E-state index contributed by atoms with van der Waals surface area (Å²) >= 11 is 0. The minimum Gasteiger partial charge on any atom is -0.466 e. The summed E-state index contributed by atoms with van der Waals surface area (Å²) in [7, 11) is 0. The Labute approximate surface area is 417 Å². The van der Waals surface area contributed by atoms with E-state index in [1.165, 1.54) is 231 Å². The third-order valence-electron chi connectivity index (χ3n) is 13.7. The van der Waals surface area contributed by atoms with Crippen molar-refractivity contribution in [1.29, 1.82) is 0 Å². The molecule has 2 atom stereocenters. The van der Waals surface area contributed by atoms with Gasteiger partial charge in [-0.25, -0.2) is 0 Å². The van der Waals surface area contributed by atoms with E-state index < -0.39 is 12.1 Å². The fourth-order valence-corrected chi connectivity index (χ4v) is 9.10. The van der Waals surface area contributed by atoms with E-state index in [0.29, 0.717) is 25.9 Å². The maximum Gasteiger partial charge on any atom is 0.305 e. The van der Waals surface area contributed by atoms with Gasteiger partial charge >= 0.3 is 5.97 Å². The second-order valence-corrected chi connectivity index (χ2v) is 20.3. The van der Waals surface area contributed by atoms with Gasteiger partial charge in [0.15, 0.2) is 0 Å². The number of carbonyl (C=O) groups excluding carboxylic acids is 2. The van der Waals surface area contributed by atoms with Gasteiger partial charge in [-0.1, -0.05) is 288 Å². The molecule has 1 amide bonds. The van der Waals surface area contributed by atoms with Gasteiger partial charge in [-0.15, -0.1) is 0 Å². The molecule has 0 aromatic carbocycles. The molecule has 0 aliphatic heterocycles. The van der Waals surface area contributed by atoms with E-state index in [-0.39, 0.29) is 18.5 Å². The first-order valence-corrected chi connectivity index (χ1v) is 29.8. The van der Waals surface area contributed by atoms with E-state index in [1.54, 1.807) is 6.08 Å². The average Bonchev–Trinajstić information content (AvgIpc) is 3.33. The average molecular weight is 943 g/mol. The third kappa shape index (κ3) is 53.3. The van der Waals surface area contributed by atoms with Crippen LogP contribution in [0.5, 0.6) is 0 Å². The molecule has 2 unspecified atom stereocenters. The SMILES string of the molecule is CCCCCCCCCCCCCCCCCC/C=C/C(O)C(CO)NC(=O)CC/C=C\C/C=C\CCCCCCCCOC(=O)CCCCCCCCCCCCCCCCCCCCC. The van der Waals surface area contributed by atoms with E-state index in [0.717, 1.165) is 51.4 Å². The Hall–Kier alpha value is -1.92. The molecule has 0 saturated heterocycles. The molecule has 0 bridgehead atoms. The predicted octanol–water partition coefficient (Wildman–Crippen LogP) is 18.4. The fourth-order valence-electron chi connectivity index (χ4n) is 9.10. The number of unbranched alkanes of at least 4 members (excludes halogenated alkanes) is 40. The maximum absolute atomic E-state index is 12.4. The molecular formula is C61H115NO5. The van der Waals surface area contributed by atoms with E-state index in [2.05, 4.69) is 37.4 Å². The molecule has 0 radical (unpaired) electrons. The van der Waals surface area contributed by atoms with Crippen LogP contribution < -0.4 is 5.32 Å². The number of carbonyl (C=O) groups is 2. The Kier molecular flexibility index (Phi) is 55.0. The van der Waals surface area contributed by atoms with Crippen LogP contribution >= 0.6 is 0 Å². The Morgan fingerprint density at radius 3 is 1.16 bits per heavy atom. The van der Waals surface area contributed by atoms with E-state index in [9.17, 15) is 19.8 Å². The van der Waals surface area contributed by atoms with Crippen molar-refractivity contribution in [2.75, 3.05) is 13.2 Å². The lowest BCUT2D eigenvalue weighted by Gasteiger charge is -2.19. The van der Waals surface area contributed by atoms with Crippen LogP contribution in [0.1, 0.15) is 316 Å². The van der Waals surface area contributed by atoms with Crippen LogP contribution in [0.15, 0.2) is 36.5 Å². The first-order chi connectivity index (χ1) is 33.0. The molecule has 67 heavy (non-hydrogen) atoms. The van der Waals surface area contributed by atoms with Gasteiger partial charge in [0.2, 0.25) is 5.91 Å². The number of hydrogen-bond acceptors (Lipinski definition) is 5. The van der Waals surface area contributed by atoms with Crippen molar-refractivity contribution in [2.24, 2.45) is 0 Å². The summed E-state index contributed by atoms with van der Waals surface area (Å²) in [4.78, 5) is 24.5. The first-order valence-electron chi connectivity index (χ1n) is 29.8. The van der Waals surface area contributed by atoms with Gasteiger partial charge in [-0.2, -0.15) is 0 Å². The van der Waals surface area contributed by atoms with Crippen LogP contribution in [0.25, 0.3) is 0 Å². The zero-order chi connectivity index (χ0) is 48.6. The monoisotopic (exact) mass is 942 g/mol. The van der Waals surface area contributed by atoms with Gasteiger partial charge in [-0.3, -0.25) is 9.59 Å². The molecular weight excluding hydrogens is 827 g/mol. The molecule has 0 aliphatic rings. The Morgan fingerprint density at radius 1 is 0.418 bits per heavy atom. The highest BCUT2D eigenvalue weighted by molar-refractivity contribution is 5.76. The fraction of sp³-hybridized carbons (Fsp3) is 0.869. The molecule has 0 aromatic heterocycles. The minimum atomic E-state index is -0.880. The van der Waals surface area contributed by atoms with E-state index in [4.69, 9.17) is 4.74 Å². The number of allylic oxidation sites excluding steroid dienone is 5. The number of hydrogen-bond donors (Lipinski definition) is 3. The molecule has 3 N–H and O–H groups in total. The van der Waals surface area contributed by atoms with Crippen LogP contribution in [0, 0.1) is 0 Å². The smallest absolute Gasteiger partial charge is 0.305 e. The van der Waals surface area contributed by atoms with Crippen molar-refractivity contribution in [3.8, 4) is 0 Å². The van der Waals surface area contributed by atoms with Crippen LogP contribution in [0.3, 0.4) is 0 Å². The summed E-state index contributed by atoms with van der Waals surface area (Å²) in [5.41, 5.74) is 0. The van der Waals surface area contributed by atoms with Gasteiger partial charge < -0.3 is 20.3 Å². The summed E-state index contributed by atoms with van der Waals surface area (Å²) in [6.07, 6.45) is 70.4. The quantitative estimate of drug-likeness (QED) is 0.0321. The number of amides is 1. The topological polar surface area (TPSA) is 95.9 Å². The Bertz CT molecular complexity index is 1090. The first kappa shape index (κ1) is 65.1. The molecule has 0 saturated carbocycles. The number of ether oxygens (including phenoxy) is 1. The highest BCUT2D eigenvalue weighted by Gasteiger charge is 2.17. The number of rotatable bonds is 55. The number of nitrogens with one attached hydrogen (secondary N) is 1. The van der Waals surface area contributed by atoms with E-state index in [1.807, 2.05) is 12.2 Å². The Balaban J connectivity index is 3.54. The van der Waals surface area contributed by atoms with Crippen LogP contribution in [0.4, 0.5) is 0 Å². The molecule has 0 fully saturated rings. The number of aliphatic hydroxyl groups is 2. The predicted molar refractivity (Wildman–Crippen MR) is 292 cm³/mol. The normalized spacial score (nSPS) is 12.8. The molecule has 394 valence electrons. The third-order valence-corrected chi connectivity index (χ3v) is 13.7. The standard InChI is InChI=1S/C61H115NO5/c1-3-5-7-9-11-13-15-17-19-21-23-25-27-31-35-39-43-47-51-55-61(66)67-56-52-48-44-40-36-32-28-30-34-38-42-46-50-54-60(65)62-58(57-63)59(64)53-49-45-41-37-33-29-26-24-22-20-18-16-14-12-10-8-6-4-2/h30,34,42,46,49,53,58-59,63-64H,3-29,31-33,35-41,43-45,47-48,50-52,54-57H2,1-2H3,(H,62,65)/b34-30-,46-42-,53-49+. The summed E-state index contributed by atoms with van der Waals surface area (Å²) in [6, 6.07) is -0.672. The minimum absolute atomic E-state index is 0.0136. The van der Waals surface area contributed by atoms with Crippen LogP contribution in [0.2, 0.25) is 0 Å². The van der Waals surface area contributed by atoms with Crippen molar-refractivity contribution in [2.45, 2.75) is 328 Å².